The maximum Gasteiger partial charge on any atom is 0.314 e. The average molecular weight is 315 g/mol. The SMILES string of the molecule is O=[N+]([O-])c1cc(Cl)c2cccnc2c1OCc1ccccc1. The topological polar surface area (TPSA) is 65.3 Å². The van der Waals surface area contributed by atoms with Crippen LogP contribution in [0.1, 0.15) is 5.56 Å². The minimum Gasteiger partial charge on any atom is -0.480 e. The largest absolute Gasteiger partial charge is 0.480 e. The lowest BCUT2D eigenvalue weighted by atomic mass is 10.1. The van der Waals surface area contributed by atoms with Crippen molar-refractivity contribution >= 4 is 28.2 Å². The summed E-state index contributed by atoms with van der Waals surface area (Å²) in [6.07, 6.45) is 1.55. The van der Waals surface area contributed by atoms with Crippen LogP contribution in [0.4, 0.5) is 5.69 Å². The summed E-state index contributed by atoms with van der Waals surface area (Å²) < 4.78 is 5.69. The zero-order chi connectivity index (χ0) is 15.5. The Labute approximate surface area is 131 Å². The lowest BCUT2D eigenvalue weighted by Crippen LogP contribution is -2.01. The second-order valence-corrected chi connectivity index (χ2v) is 5.04. The summed E-state index contributed by atoms with van der Waals surface area (Å²) in [6, 6.07) is 14.2. The van der Waals surface area contributed by atoms with E-state index in [-0.39, 0.29) is 23.1 Å². The van der Waals surface area contributed by atoms with E-state index in [0.29, 0.717) is 10.9 Å². The highest BCUT2D eigenvalue weighted by atomic mass is 35.5. The van der Waals surface area contributed by atoms with Crippen molar-refractivity contribution in [2.45, 2.75) is 6.61 Å². The van der Waals surface area contributed by atoms with Crippen LogP contribution in [-0.2, 0) is 6.61 Å². The van der Waals surface area contributed by atoms with E-state index in [1.54, 1.807) is 18.3 Å². The fourth-order valence-electron chi connectivity index (χ4n) is 2.17. The number of nitro groups is 1. The number of halogens is 1. The van der Waals surface area contributed by atoms with Gasteiger partial charge < -0.3 is 4.74 Å². The van der Waals surface area contributed by atoms with Gasteiger partial charge >= 0.3 is 5.69 Å². The second-order valence-electron chi connectivity index (χ2n) is 4.64. The first kappa shape index (κ1) is 14.3. The van der Waals surface area contributed by atoms with Crippen LogP contribution in [0.15, 0.2) is 54.7 Å². The highest BCUT2D eigenvalue weighted by Gasteiger charge is 2.22. The van der Waals surface area contributed by atoms with Gasteiger partial charge in [0.05, 0.1) is 9.95 Å². The summed E-state index contributed by atoms with van der Waals surface area (Å²) in [6.45, 7) is 0.217. The van der Waals surface area contributed by atoms with Gasteiger partial charge in [0.2, 0.25) is 5.75 Å². The Hall–Kier alpha value is -2.66. The zero-order valence-corrected chi connectivity index (χ0v) is 12.2. The number of rotatable bonds is 4. The van der Waals surface area contributed by atoms with Gasteiger partial charge in [-0.25, -0.2) is 0 Å². The van der Waals surface area contributed by atoms with Crippen LogP contribution in [0.3, 0.4) is 0 Å². The molecular formula is C16H11ClN2O3. The van der Waals surface area contributed by atoms with Crippen LogP contribution in [0.2, 0.25) is 5.02 Å². The molecule has 1 aromatic heterocycles. The van der Waals surface area contributed by atoms with E-state index in [1.165, 1.54) is 6.07 Å². The molecule has 0 radical (unpaired) electrons. The molecular weight excluding hydrogens is 304 g/mol. The Kier molecular flexibility index (Phi) is 3.89. The molecule has 3 rings (SSSR count). The number of hydrogen-bond donors (Lipinski definition) is 0. The summed E-state index contributed by atoms with van der Waals surface area (Å²) in [5, 5.41) is 12.2. The molecule has 0 aliphatic rings. The first-order chi connectivity index (χ1) is 10.7. The maximum absolute atomic E-state index is 11.3. The van der Waals surface area contributed by atoms with Crippen molar-refractivity contribution in [3.63, 3.8) is 0 Å². The van der Waals surface area contributed by atoms with Crippen LogP contribution < -0.4 is 4.74 Å². The summed E-state index contributed by atoms with van der Waals surface area (Å²) in [7, 11) is 0. The molecule has 0 spiro atoms. The quantitative estimate of drug-likeness (QED) is 0.529. The molecule has 0 saturated carbocycles. The third-order valence-corrected chi connectivity index (χ3v) is 3.51. The van der Waals surface area contributed by atoms with Crippen LogP contribution in [0.5, 0.6) is 5.75 Å². The number of pyridine rings is 1. The standard InChI is InChI=1S/C16H11ClN2O3/c17-13-9-14(19(20)21)16(15-12(13)7-4-8-18-15)22-10-11-5-2-1-3-6-11/h1-9H,10H2. The lowest BCUT2D eigenvalue weighted by molar-refractivity contribution is -0.385. The molecule has 6 heteroatoms. The number of nitro benzene ring substituents is 1. The zero-order valence-electron chi connectivity index (χ0n) is 11.4. The molecule has 3 aromatic rings. The van der Waals surface area contributed by atoms with Crippen molar-refractivity contribution < 1.29 is 9.66 Å². The van der Waals surface area contributed by atoms with Crippen LogP contribution >= 0.6 is 11.6 Å². The van der Waals surface area contributed by atoms with Crippen LogP contribution in [-0.4, -0.2) is 9.91 Å². The summed E-state index contributed by atoms with van der Waals surface area (Å²) in [4.78, 5) is 14.9. The van der Waals surface area contributed by atoms with E-state index in [9.17, 15) is 10.1 Å². The average Bonchev–Trinajstić information content (AvgIpc) is 2.55. The Morgan fingerprint density at radius 3 is 2.68 bits per heavy atom. The molecule has 0 unspecified atom stereocenters. The molecule has 0 amide bonds. The highest BCUT2D eigenvalue weighted by Crippen LogP contribution is 2.38. The van der Waals surface area contributed by atoms with Crippen molar-refractivity contribution in [2.75, 3.05) is 0 Å². The predicted molar refractivity (Wildman–Crippen MR) is 84.2 cm³/mol. The summed E-state index contributed by atoms with van der Waals surface area (Å²) in [5.74, 6) is 0.133. The van der Waals surface area contributed by atoms with E-state index >= 15 is 0 Å². The lowest BCUT2D eigenvalue weighted by Gasteiger charge is -2.10. The molecule has 0 atom stereocenters. The van der Waals surface area contributed by atoms with Crippen molar-refractivity contribution in [3.8, 4) is 5.75 Å². The van der Waals surface area contributed by atoms with Gasteiger partial charge in [-0.2, -0.15) is 0 Å². The van der Waals surface area contributed by atoms with Crippen molar-refractivity contribution in [2.24, 2.45) is 0 Å². The first-order valence-electron chi connectivity index (χ1n) is 6.55. The normalized spacial score (nSPS) is 10.6. The minimum atomic E-state index is -0.514. The number of aromatic nitrogens is 1. The smallest absolute Gasteiger partial charge is 0.314 e. The Bertz CT molecular complexity index is 837. The van der Waals surface area contributed by atoms with Gasteiger partial charge in [0.15, 0.2) is 0 Å². The van der Waals surface area contributed by atoms with Gasteiger partial charge in [-0.05, 0) is 17.7 Å². The van der Waals surface area contributed by atoms with Gasteiger partial charge in [0.1, 0.15) is 12.1 Å². The second kappa shape index (κ2) is 5.99. The fourth-order valence-corrected chi connectivity index (χ4v) is 2.43. The molecule has 5 nitrogen and oxygen atoms in total. The number of ether oxygens (including phenoxy) is 1. The monoisotopic (exact) mass is 314 g/mol. The molecule has 2 aromatic carbocycles. The third-order valence-electron chi connectivity index (χ3n) is 3.20. The van der Waals surface area contributed by atoms with Gasteiger partial charge in [-0.1, -0.05) is 41.9 Å². The van der Waals surface area contributed by atoms with Crippen molar-refractivity contribution in [1.29, 1.82) is 0 Å². The number of hydrogen-bond acceptors (Lipinski definition) is 4. The van der Waals surface area contributed by atoms with Crippen LogP contribution in [0, 0.1) is 10.1 Å². The van der Waals surface area contributed by atoms with Gasteiger partial charge in [0, 0.05) is 17.6 Å². The summed E-state index contributed by atoms with van der Waals surface area (Å²) >= 11 is 6.10. The first-order valence-corrected chi connectivity index (χ1v) is 6.93. The molecule has 0 saturated heterocycles. The van der Waals surface area contributed by atoms with Gasteiger partial charge in [-0.3, -0.25) is 15.1 Å². The van der Waals surface area contributed by atoms with Crippen molar-refractivity contribution in [1.82, 2.24) is 4.98 Å². The van der Waals surface area contributed by atoms with Crippen LogP contribution in [0.25, 0.3) is 10.9 Å². The van der Waals surface area contributed by atoms with E-state index in [1.807, 2.05) is 30.3 Å². The molecule has 110 valence electrons. The summed E-state index contributed by atoms with van der Waals surface area (Å²) in [5.41, 5.74) is 1.11. The third kappa shape index (κ3) is 2.71. The van der Waals surface area contributed by atoms with E-state index < -0.39 is 4.92 Å². The molecule has 0 aliphatic carbocycles. The molecule has 0 fully saturated rings. The number of nitrogens with zero attached hydrogens (tertiary/aromatic N) is 2. The Morgan fingerprint density at radius 2 is 1.95 bits per heavy atom. The Morgan fingerprint density at radius 1 is 1.18 bits per heavy atom. The van der Waals surface area contributed by atoms with E-state index in [4.69, 9.17) is 16.3 Å². The minimum absolute atomic E-state index is 0.133. The van der Waals surface area contributed by atoms with Crippen molar-refractivity contribution in [3.05, 3.63) is 75.4 Å². The molecule has 22 heavy (non-hydrogen) atoms. The molecule has 1 heterocycles. The van der Waals surface area contributed by atoms with Gasteiger partial charge in [-0.15, -0.1) is 0 Å². The predicted octanol–water partition coefficient (Wildman–Crippen LogP) is 4.38. The molecule has 0 bridgehead atoms. The highest BCUT2D eigenvalue weighted by molar-refractivity contribution is 6.36. The van der Waals surface area contributed by atoms with E-state index in [0.717, 1.165) is 5.56 Å². The number of fused-ring (bicyclic) bond motifs is 1. The Balaban J connectivity index is 2.08. The van der Waals surface area contributed by atoms with E-state index in [2.05, 4.69) is 4.98 Å². The fraction of sp³-hybridized carbons (Fsp3) is 0.0625. The van der Waals surface area contributed by atoms with Gasteiger partial charge in [0.25, 0.3) is 0 Å². The molecule has 0 aliphatic heterocycles. The molecule has 0 N–H and O–H groups in total. The maximum atomic E-state index is 11.3. The number of benzene rings is 2.